The molecule has 0 radical (unpaired) electrons. The molecule has 1 atom stereocenters. The number of hydrogen-bond acceptors (Lipinski definition) is 2. The zero-order valence-electron chi connectivity index (χ0n) is 7.27. The Bertz CT molecular complexity index is 370. The van der Waals surface area contributed by atoms with Crippen LogP contribution in [0.4, 0.5) is 0 Å². The molecule has 0 amide bonds. The number of nitrogens with zero attached hydrogens (tertiary/aromatic N) is 2. The van der Waals surface area contributed by atoms with E-state index in [2.05, 4.69) is 4.99 Å². The highest BCUT2D eigenvalue weighted by Gasteiger charge is 2.15. The number of hydrogen-bond donors (Lipinski definition) is 0. The second-order valence-corrected chi connectivity index (χ2v) is 3.77. The van der Waals surface area contributed by atoms with Crippen molar-refractivity contribution < 1.29 is 0 Å². The number of aliphatic imine (C=N–C) groups is 1. The second kappa shape index (κ2) is 4.03. The van der Waals surface area contributed by atoms with Gasteiger partial charge in [0.2, 0.25) is 0 Å². The van der Waals surface area contributed by atoms with Crippen molar-refractivity contribution in [3.8, 4) is 0 Å². The molecule has 4 heteroatoms. The summed E-state index contributed by atoms with van der Waals surface area (Å²) in [4.78, 5) is 3.91. The lowest BCUT2D eigenvalue weighted by atomic mass is 10.1. The monoisotopic (exact) mass is 226 g/mol. The SMILES string of the molecule is Clc1ccc(C2C=CN=CN2Cl)cc1. The molecule has 0 aromatic heterocycles. The normalized spacial score (nSPS) is 20.1. The third-order valence-corrected chi connectivity index (χ3v) is 2.56. The Morgan fingerprint density at radius 3 is 2.57 bits per heavy atom. The summed E-state index contributed by atoms with van der Waals surface area (Å²) in [6.45, 7) is 0. The fraction of sp³-hybridized carbons (Fsp3) is 0.100. The summed E-state index contributed by atoms with van der Waals surface area (Å²) in [6, 6.07) is 7.63. The van der Waals surface area contributed by atoms with Gasteiger partial charge in [0.05, 0.1) is 6.04 Å². The van der Waals surface area contributed by atoms with Crippen LogP contribution in [0.5, 0.6) is 0 Å². The van der Waals surface area contributed by atoms with Gasteiger partial charge in [-0.3, -0.25) is 4.42 Å². The molecular formula is C10H8Cl2N2. The number of halogens is 2. The van der Waals surface area contributed by atoms with Crippen molar-refractivity contribution in [2.24, 2.45) is 4.99 Å². The fourth-order valence-corrected chi connectivity index (χ4v) is 1.66. The molecule has 0 fully saturated rings. The summed E-state index contributed by atoms with van der Waals surface area (Å²) in [6.07, 6.45) is 5.25. The first-order chi connectivity index (χ1) is 6.77. The summed E-state index contributed by atoms with van der Waals surface area (Å²) in [7, 11) is 0. The maximum atomic E-state index is 5.96. The third-order valence-electron chi connectivity index (χ3n) is 2.01. The van der Waals surface area contributed by atoms with Gasteiger partial charge in [0.15, 0.2) is 0 Å². The molecule has 1 aliphatic rings. The zero-order chi connectivity index (χ0) is 9.97. The van der Waals surface area contributed by atoms with E-state index in [9.17, 15) is 0 Å². The molecule has 0 saturated heterocycles. The highest BCUT2D eigenvalue weighted by molar-refractivity contribution is 6.30. The molecule has 0 saturated carbocycles. The lowest BCUT2D eigenvalue weighted by Crippen LogP contribution is -2.17. The predicted octanol–water partition coefficient (Wildman–Crippen LogP) is 3.39. The Hall–Kier alpha value is -0.990. The molecule has 2 nitrogen and oxygen atoms in total. The average Bonchev–Trinajstić information content (AvgIpc) is 2.20. The Morgan fingerprint density at radius 1 is 1.21 bits per heavy atom. The van der Waals surface area contributed by atoms with Crippen LogP contribution in [0, 0.1) is 0 Å². The first-order valence-corrected chi connectivity index (χ1v) is 4.88. The fourth-order valence-electron chi connectivity index (χ4n) is 1.30. The van der Waals surface area contributed by atoms with E-state index in [1.54, 1.807) is 12.5 Å². The molecular weight excluding hydrogens is 219 g/mol. The topological polar surface area (TPSA) is 15.6 Å². The molecule has 1 unspecified atom stereocenters. The zero-order valence-corrected chi connectivity index (χ0v) is 8.78. The second-order valence-electron chi connectivity index (χ2n) is 2.95. The molecule has 1 aromatic rings. The minimum atomic E-state index is 0.0337. The Morgan fingerprint density at radius 2 is 1.93 bits per heavy atom. The van der Waals surface area contributed by atoms with Gasteiger partial charge in [0, 0.05) is 23.0 Å². The lowest BCUT2D eigenvalue weighted by molar-refractivity contribution is 0.574. The van der Waals surface area contributed by atoms with Gasteiger partial charge in [-0.25, -0.2) is 4.99 Å². The highest BCUT2D eigenvalue weighted by Crippen LogP contribution is 2.25. The molecule has 1 heterocycles. The molecule has 0 aliphatic carbocycles. The molecule has 0 bridgehead atoms. The lowest BCUT2D eigenvalue weighted by Gasteiger charge is -2.22. The summed E-state index contributed by atoms with van der Waals surface area (Å²) in [5, 5.41) is 0.725. The molecule has 1 aromatic carbocycles. The molecule has 14 heavy (non-hydrogen) atoms. The average molecular weight is 227 g/mol. The number of rotatable bonds is 1. The molecule has 72 valence electrons. The first kappa shape index (κ1) is 9.56. The van der Waals surface area contributed by atoms with Crippen LogP contribution in [0.3, 0.4) is 0 Å². The molecule has 0 spiro atoms. The smallest absolute Gasteiger partial charge is 0.106 e. The summed E-state index contributed by atoms with van der Waals surface area (Å²) in [5.41, 5.74) is 1.09. The van der Waals surface area contributed by atoms with Gasteiger partial charge < -0.3 is 0 Å². The van der Waals surface area contributed by atoms with Crippen LogP contribution in [0.2, 0.25) is 5.02 Å². The number of benzene rings is 1. The van der Waals surface area contributed by atoms with Gasteiger partial charge >= 0.3 is 0 Å². The van der Waals surface area contributed by atoms with E-state index in [0.717, 1.165) is 10.6 Å². The Balaban J connectivity index is 2.27. The molecule has 1 aliphatic heterocycles. The molecule has 0 N–H and O–H groups in total. The van der Waals surface area contributed by atoms with Crippen molar-refractivity contribution in [2.75, 3.05) is 0 Å². The predicted molar refractivity (Wildman–Crippen MR) is 59.5 cm³/mol. The van der Waals surface area contributed by atoms with Crippen LogP contribution in [-0.4, -0.2) is 10.8 Å². The van der Waals surface area contributed by atoms with E-state index < -0.39 is 0 Å². The van der Waals surface area contributed by atoms with E-state index in [-0.39, 0.29) is 6.04 Å². The van der Waals surface area contributed by atoms with Crippen molar-refractivity contribution in [1.82, 2.24) is 4.42 Å². The van der Waals surface area contributed by atoms with E-state index >= 15 is 0 Å². The van der Waals surface area contributed by atoms with Crippen molar-refractivity contribution in [2.45, 2.75) is 6.04 Å². The minimum Gasteiger partial charge on any atom is -0.264 e. The van der Waals surface area contributed by atoms with Crippen molar-refractivity contribution in [1.29, 1.82) is 0 Å². The van der Waals surface area contributed by atoms with Gasteiger partial charge in [-0.2, -0.15) is 0 Å². The van der Waals surface area contributed by atoms with Crippen molar-refractivity contribution >= 4 is 29.7 Å². The standard InChI is InChI=1S/C10H8Cl2N2/c11-9-3-1-8(2-4-9)10-5-6-13-7-14(10)12/h1-7,10H. The van der Waals surface area contributed by atoms with Gasteiger partial charge in [0.25, 0.3) is 0 Å². The van der Waals surface area contributed by atoms with Crippen LogP contribution < -0.4 is 0 Å². The Labute approximate surface area is 92.6 Å². The van der Waals surface area contributed by atoms with Crippen molar-refractivity contribution in [3.63, 3.8) is 0 Å². The first-order valence-electron chi connectivity index (χ1n) is 4.17. The van der Waals surface area contributed by atoms with Crippen molar-refractivity contribution in [3.05, 3.63) is 47.1 Å². The van der Waals surface area contributed by atoms with Gasteiger partial charge in [-0.1, -0.05) is 23.7 Å². The summed E-state index contributed by atoms with van der Waals surface area (Å²) < 4.78 is 1.53. The van der Waals surface area contributed by atoms with Gasteiger partial charge in [-0.05, 0) is 23.8 Å². The highest BCUT2D eigenvalue weighted by atomic mass is 35.5. The van der Waals surface area contributed by atoms with E-state index in [0.29, 0.717) is 0 Å². The van der Waals surface area contributed by atoms with Gasteiger partial charge in [0.1, 0.15) is 6.34 Å². The van der Waals surface area contributed by atoms with E-state index in [4.69, 9.17) is 23.4 Å². The molecule has 2 rings (SSSR count). The third kappa shape index (κ3) is 1.91. The van der Waals surface area contributed by atoms with E-state index in [1.807, 2.05) is 30.3 Å². The van der Waals surface area contributed by atoms with E-state index in [1.165, 1.54) is 4.42 Å². The van der Waals surface area contributed by atoms with Crippen LogP contribution >= 0.6 is 23.4 Å². The summed E-state index contributed by atoms with van der Waals surface area (Å²) >= 11 is 11.8. The maximum Gasteiger partial charge on any atom is 0.106 e. The van der Waals surface area contributed by atoms with Crippen LogP contribution in [0.25, 0.3) is 0 Å². The summed E-state index contributed by atoms with van der Waals surface area (Å²) in [5.74, 6) is 0. The van der Waals surface area contributed by atoms with Crippen LogP contribution in [0.15, 0.2) is 41.5 Å². The van der Waals surface area contributed by atoms with Crippen LogP contribution in [-0.2, 0) is 0 Å². The maximum absolute atomic E-state index is 5.96. The minimum absolute atomic E-state index is 0.0337. The Kier molecular flexibility index (Phi) is 2.75. The van der Waals surface area contributed by atoms with Crippen LogP contribution in [0.1, 0.15) is 11.6 Å². The largest absolute Gasteiger partial charge is 0.264 e. The quantitative estimate of drug-likeness (QED) is 0.671. The van der Waals surface area contributed by atoms with Gasteiger partial charge in [-0.15, -0.1) is 0 Å².